The molecule has 1 N–H and O–H groups in total. The molecule has 10 heteroatoms. The fourth-order valence-electron chi connectivity index (χ4n) is 2.20. The first-order valence-corrected chi connectivity index (χ1v) is 8.19. The first-order valence-electron chi connectivity index (χ1n) is 7.43. The van der Waals surface area contributed by atoms with Gasteiger partial charge in [0.1, 0.15) is 11.4 Å². The summed E-state index contributed by atoms with van der Waals surface area (Å²) in [6.45, 7) is 1.66. The monoisotopic (exact) mass is 415 g/mol. The second-order valence-corrected chi connectivity index (χ2v) is 6.25. The third-order valence-electron chi connectivity index (χ3n) is 3.39. The largest absolute Gasteiger partial charge is 0.449 e. The van der Waals surface area contributed by atoms with E-state index in [2.05, 4.69) is 15.0 Å². The number of aromatic amines is 1. The minimum atomic E-state index is -4.93. The third-order valence-corrected chi connectivity index (χ3v) is 4.13. The van der Waals surface area contributed by atoms with Crippen molar-refractivity contribution in [1.29, 1.82) is 0 Å². The summed E-state index contributed by atoms with van der Waals surface area (Å²) in [5.74, 6) is -1.42. The van der Waals surface area contributed by atoms with Crippen LogP contribution in [-0.2, 0) is 6.18 Å². The summed E-state index contributed by atoms with van der Waals surface area (Å²) in [5, 5.41) is 0.251. The standard InChI is InChI=1S/C17H10Cl2F3N3O2/c1-8-3-2-4-12(23-8)15-24-14(17(20,21)22)13(16(26)25-15)27-9-5-6-10(18)11(19)7-9/h2-7H,1H3,(H,24,25,26). The summed E-state index contributed by atoms with van der Waals surface area (Å²) in [5.41, 5.74) is -1.93. The van der Waals surface area contributed by atoms with Gasteiger partial charge in [-0.15, -0.1) is 0 Å². The van der Waals surface area contributed by atoms with Gasteiger partial charge < -0.3 is 9.72 Å². The summed E-state index contributed by atoms with van der Waals surface area (Å²) < 4.78 is 45.6. The highest BCUT2D eigenvalue weighted by atomic mass is 35.5. The first-order chi connectivity index (χ1) is 12.6. The average molecular weight is 416 g/mol. The molecule has 5 nitrogen and oxygen atoms in total. The Kier molecular flexibility index (Phi) is 5.12. The number of benzene rings is 1. The van der Waals surface area contributed by atoms with Gasteiger partial charge in [0.15, 0.2) is 11.5 Å². The van der Waals surface area contributed by atoms with Gasteiger partial charge in [-0.3, -0.25) is 4.79 Å². The van der Waals surface area contributed by atoms with Crippen molar-refractivity contribution in [2.45, 2.75) is 13.1 Å². The SMILES string of the molecule is Cc1cccc(-c2nc(C(F)(F)F)c(Oc3ccc(Cl)c(Cl)c3)c(=O)[nH]2)n1. The van der Waals surface area contributed by atoms with Gasteiger partial charge in [-0.25, -0.2) is 9.97 Å². The molecule has 1 aromatic carbocycles. The lowest BCUT2D eigenvalue weighted by Crippen LogP contribution is -2.21. The van der Waals surface area contributed by atoms with Gasteiger partial charge in [0.25, 0.3) is 5.56 Å². The Labute approximate surface area is 160 Å². The Morgan fingerprint density at radius 2 is 1.81 bits per heavy atom. The lowest BCUT2D eigenvalue weighted by atomic mass is 10.2. The highest BCUT2D eigenvalue weighted by Crippen LogP contribution is 2.36. The van der Waals surface area contributed by atoms with Crippen LogP contribution in [0.4, 0.5) is 13.2 Å². The maximum absolute atomic E-state index is 13.5. The first kappa shape index (κ1) is 19.2. The number of hydrogen-bond donors (Lipinski definition) is 1. The van der Waals surface area contributed by atoms with Gasteiger partial charge in [0.2, 0.25) is 5.75 Å². The van der Waals surface area contributed by atoms with E-state index in [1.807, 2.05) is 0 Å². The number of halogens is 5. The van der Waals surface area contributed by atoms with Crippen LogP contribution in [0, 0.1) is 6.92 Å². The number of pyridine rings is 1. The molecule has 0 aliphatic heterocycles. The lowest BCUT2D eigenvalue weighted by Gasteiger charge is -2.13. The van der Waals surface area contributed by atoms with Gasteiger partial charge in [0.05, 0.1) is 10.0 Å². The molecular formula is C17H10Cl2F3N3O2. The van der Waals surface area contributed by atoms with E-state index in [4.69, 9.17) is 27.9 Å². The topological polar surface area (TPSA) is 67.9 Å². The van der Waals surface area contributed by atoms with Gasteiger partial charge >= 0.3 is 6.18 Å². The zero-order valence-corrected chi connectivity index (χ0v) is 15.1. The van der Waals surface area contributed by atoms with Crippen LogP contribution in [-0.4, -0.2) is 15.0 Å². The number of aromatic nitrogens is 3. The summed E-state index contributed by atoms with van der Waals surface area (Å²) >= 11 is 11.6. The second-order valence-electron chi connectivity index (χ2n) is 5.43. The Hall–Kier alpha value is -2.58. The Balaban J connectivity index is 2.13. The second kappa shape index (κ2) is 7.21. The molecule has 0 fully saturated rings. The van der Waals surface area contributed by atoms with Gasteiger partial charge in [0, 0.05) is 11.8 Å². The molecule has 0 aliphatic rings. The van der Waals surface area contributed by atoms with E-state index in [0.29, 0.717) is 5.69 Å². The lowest BCUT2D eigenvalue weighted by molar-refractivity contribution is -0.142. The smallest absolute Gasteiger partial charge is 0.437 e. The van der Waals surface area contributed by atoms with Crippen LogP contribution in [0.5, 0.6) is 11.5 Å². The summed E-state index contributed by atoms with van der Waals surface area (Å²) in [4.78, 5) is 22.2. The third kappa shape index (κ3) is 4.23. The highest BCUT2D eigenvalue weighted by Gasteiger charge is 2.39. The van der Waals surface area contributed by atoms with E-state index in [0.717, 1.165) is 0 Å². The molecule has 0 radical (unpaired) electrons. The van der Waals surface area contributed by atoms with Gasteiger partial charge in [-0.2, -0.15) is 13.2 Å². The van der Waals surface area contributed by atoms with Crippen LogP contribution in [0.1, 0.15) is 11.4 Å². The molecule has 0 spiro atoms. The highest BCUT2D eigenvalue weighted by molar-refractivity contribution is 6.42. The average Bonchev–Trinajstić information content (AvgIpc) is 2.58. The quantitative estimate of drug-likeness (QED) is 0.633. The van der Waals surface area contributed by atoms with Gasteiger partial charge in [-0.1, -0.05) is 29.3 Å². The predicted octanol–water partition coefficient (Wildman–Crippen LogP) is 5.26. The van der Waals surface area contributed by atoms with E-state index >= 15 is 0 Å². The summed E-state index contributed by atoms with van der Waals surface area (Å²) in [6.07, 6.45) is -4.93. The molecule has 2 aromatic heterocycles. The predicted molar refractivity (Wildman–Crippen MR) is 94.4 cm³/mol. The van der Waals surface area contributed by atoms with E-state index in [-0.39, 0.29) is 27.3 Å². The molecule has 3 rings (SSSR count). The van der Waals surface area contributed by atoms with Crippen molar-refractivity contribution in [2.75, 3.05) is 0 Å². The summed E-state index contributed by atoms with van der Waals surface area (Å²) in [7, 11) is 0. The molecule has 0 aliphatic carbocycles. The Morgan fingerprint density at radius 1 is 1.07 bits per heavy atom. The number of nitrogens with zero attached hydrogens (tertiary/aromatic N) is 2. The zero-order chi connectivity index (χ0) is 19.8. The van der Waals surface area contributed by atoms with Crippen LogP contribution in [0.2, 0.25) is 10.0 Å². The molecule has 140 valence electrons. The molecular weight excluding hydrogens is 406 g/mol. The molecule has 0 atom stereocenters. The van der Waals surface area contributed by atoms with Crippen molar-refractivity contribution in [2.24, 2.45) is 0 Å². The number of nitrogens with one attached hydrogen (secondary N) is 1. The van der Waals surface area contributed by atoms with Crippen molar-refractivity contribution in [3.8, 4) is 23.0 Å². The molecule has 27 heavy (non-hydrogen) atoms. The zero-order valence-electron chi connectivity index (χ0n) is 13.6. The van der Waals surface area contributed by atoms with Crippen molar-refractivity contribution < 1.29 is 17.9 Å². The van der Waals surface area contributed by atoms with Crippen molar-refractivity contribution in [3.63, 3.8) is 0 Å². The molecule has 0 amide bonds. The number of aryl methyl sites for hydroxylation is 1. The maximum Gasteiger partial charge on any atom is 0.437 e. The van der Waals surface area contributed by atoms with Crippen molar-refractivity contribution in [1.82, 2.24) is 15.0 Å². The van der Waals surface area contributed by atoms with Crippen LogP contribution in [0.15, 0.2) is 41.2 Å². The van der Waals surface area contributed by atoms with E-state index in [1.165, 1.54) is 24.3 Å². The molecule has 0 unspecified atom stereocenters. The maximum atomic E-state index is 13.5. The minimum Gasteiger partial charge on any atom is -0.449 e. The molecule has 2 heterocycles. The van der Waals surface area contributed by atoms with E-state index in [9.17, 15) is 18.0 Å². The van der Waals surface area contributed by atoms with Crippen molar-refractivity contribution in [3.05, 3.63) is 68.2 Å². The van der Waals surface area contributed by atoms with Crippen LogP contribution in [0.25, 0.3) is 11.5 Å². The molecule has 3 aromatic rings. The number of ether oxygens (including phenoxy) is 1. The minimum absolute atomic E-state index is 0.0627. The number of hydrogen-bond acceptors (Lipinski definition) is 4. The van der Waals surface area contributed by atoms with Crippen LogP contribution >= 0.6 is 23.2 Å². The Morgan fingerprint density at radius 3 is 2.44 bits per heavy atom. The van der Waals surface area contributed by atoms with Crippen LogP contribution in [0.3, 0.4) is 0 Å². The molecule has 0 saturated carbocycles. The summed E-state index contributed by atoms with van der Waals surface area (Å²) in [6, 6.07) is 8.49. The Bertz CT molecular complexity index is 1070. The van der Waals surface area contributed by atoms with Crippen LogP contribution < -0.4 is 10.3 Å². The number of H-pyrrole nitrogens is 1. The molecule has 0 saturated heterocycles. The van der Waals surface area contributed by atoms with Crippen molar-refractivity contribution >= 4 is 23.2 Å². The fourth-order valence-corrected chi connectivity index (χ4v) is 2.49. The normalized spacial score (nSPS) is 11.5. The number of rotatable bonds is 3. The fraction of sp³-hybridized carbons (Fsp3) is 0.118. The van der Waals surface area contributed by atoms with E-state index < -0.39 is 23.2 Å². The number of alkyl halides is 3. The molecule has 0 bridgehead atoms. The van der Waals surface area contributed by atoms with E-state index in [1.54, 1.807) is 19.1 Å². The van der Waals surface area contributed by atoms with Gasteiger partial charge in [-0.05, 0) is 31.2 Å².